The molecule has 2 N–H and O–H groups in total. The van der Waals surface area contributed by atoms with Gasteiger partial charge in [0.2, 0.25) is 5.91 Å². The second-order valence-corrected chi connectivity index (χ2v) is 4.51. The highest BCUT2D eigenvalue weighted by molar-refractivity contribution is 9.11. The number of carboxylic acid groups (broad SMARTS) is 1. The molecule has 1 aromatic rings. The first-order valence-corrected chi connectivity index (χ1v) is 5.50. The zero-order valence-electron chi connectivity index (χ0n) is 7.67. The minimum Gasteiger partial charge on any atom is -0.478 e. The molecule has 0 aliphatic carbocycles. The van der Waals surface area contributed by atoms with E-state index >= 15 is 0 Å². The summed E-state index contributed by atoms with van der Waals surface area (Å²) >= 11 is 6.37. The number of amides is 1. The fourth-order valence-electron chi connectivity index (χ4n) is 0.992. The molecule has 0 spiro atoms. The van der Waals surface area contributed by atoms with Gasteiger partial charge in [-0.05, 0) is 44.0 Å². The van der Waals surface area contributed by atoms with Gasteiger partial charge < -0.3 is 10.4 Å². The molecule has 15 heavy (non-hydrogen) atoms. The molecule has 0 bridgehead atoms. The number of anilines is 1. The van der Waals surface area contributed by atoms with Gasteiger partial charge in [0, 0.05) is 15.9 Å². The predicted molar refractivity (Wildman–Crippen MR) is 63.1 cm³/mol. The van der Waals surface area contributed by atoms with Gasteiger partial charge in [0.15, 0.2) is 0 Å². The van der Waals surface area contributed by atoms with Crippen LogP contribution in [-0.4, -0.2) is 17.0 Å². The molecular formula is C9H7Br2NO3. The molecule has 6 heteroatoms. The molecule has 0 aromatic heterocycles. The van der Waals surface area contributed by atoms with Crippen molar-refractivity contribution < 1.29 is 14.7 Å². The molecule has 0 fully saturated rings. The Morgan fingerprint density at radius 3 is 2.07 bits per heavy atom. The van der Waals surface area contributed by atoms with E-state index in [1.54, 1.807) is 0 Å². The molecule has 4 nitrogen and oxygen atoms in total. The second kappa shape index (κ2) is 4.76. The second-order valence-electron chi connectivity index (χ2n) is 2.80. The topological polar surface area (TPSA) is 66.4 Å². The maximum Gasteiger partial charge on any atom is 0.335 e. The first-order valence-electron chi connectivity index (χ1n) is 3.91. The number of rotatable bonds is 2. The van der Waals surface area contributed by atoms with Crippen LogP contribution in [0.1, 0.15) is 17.3 Å². The number of benzene rings is 1. The third-order valence-corrected chi connectivity index (χ3v) is 2.84. The molecule has 1 amide bonds. The average Bonchev–Trinajstić information content (AvgIpc) is 2.10. The highest BCUT2D eigenvalue weighted by Gasteiger charge is 2.12. The third-order valence-electron chi connectivity index (χ3n) is 1.59. The van der Waals surface area contributed by atoms with Crippen molar-refractivity contribution in [1.29, 1.82) is 0 Å². The molecule has 0 heterocycles. The Hall–Kier alpha value is -0.880. The van der Waals surface area contributed by atoms with E-state index in [-0.39, 0.29) is 11.5 Å². The van der Waals surface area contributed by atoms with Crippen molar-refractivity contribution in [1.82, 2.24) is 0 Å². The van der Waals surface area contributed by atoms with E-state index in [1.807, 2.05) is 0 Å². The van der Waals surface area contributed by atoms with Crippen molar-refractivity contribution in [2.75, 3.05) is 5.32 Å². The van der Waals surface area contributed by atoms with Gasteiger partial charge in [-0.25, -0.2) is 4.79 Å². The monoisotopic (exact) mass is 335 g/mol. The zero-order valence-corrected chi connectivity index (χ0v) is 10.8. The van der Waals surface area contributed by atoms with Gasteiger partial charge in [-0.2, -0.15) is 0 Å². The summed E-state index contributed by atoms with van der Waals surface area (Å²) in [4.78, 5) is 21.6. The van der Waals surface area contributed by atoms with Crippen LogP contribution >= 0.6 is 31.9 Å². The van der Waals surface area contributed by atoms with Crippen LogP contribution in [0, 0.1) is 0 Å². The Bertz CT molecular complexity index is 408. The normalized spacial score (nSPS) is 9.80. The van der Waals surface area contributed by atoms with Crippen LogP contribution in [0.15, 0.2) is 21.1 Å². The molecular weight excluding hydrogens is 330 g/mol. The number of halogens is 2. The van der Waals surface area contributed by atoms with E-state index < -0.39 is 5.97 Å². The van der Waals surface area contributed by atoms with E-state index in [2.05, 4.69) is 37.2 Å². The number of carboxylic acids is 1. The van der Waals surface area contributed by atoms with Crippen molar-refractivity contribution >= 4 is 49.4 Å². The average molecular weight is 337 g/mol. The first-order chi connectivity index (χ1) is 6.91. The molecule has 0 radical (unpaired) electrons. The van der Waals surface area contributed by atoms with Gasteiger partial charge >= 0.3 is 5.97 Å². The van der Waals surface area contributed by atoms with E-state index in [0.717, 1.165) is 0 Å². The first kappa shape index (κ1) is 12.2. The van der Waals surface area contributed by atoms with Crippen molar-refractivity contribution in [3.8, 4) is 0 Å². The van der Waals surface area contributed by atoms with Crippen molar-refractivity contribution in [2.24, 2.45) is 0 Å². The number of nitrogens with one attached hydrogen (secondary N) is 1. The minimum absolute atomic E-state index is 0.142. The van der Waals surface area contributed by atoms with E-state index in [9.17, 15) is 9.59 Å². The zero-order chi connectivity index (χ0) is 11.6. The van der Waals surface area contributed by atoms with Gasteiger partial charge in [-0.15, -0.1) is 0 Å². The van der Waals surface area contributed by atoms with Crippen LogP contribution < -0.4 is 5.32 Å². The summed E-state index contributed by atoms with van der Waals surface area (Å²) in [6.07, 6.45) is 0. The maximum atomic E-state index is 10.9. The highest BCUT2D eigenvalue weighted by Crippen LogP contribution is 2.32. The van der Waals surface area contributed by atoms with Crippen LogP contribution in [-0.2, 0) is 4.79 Å². The van der Waals surface area contributed by atoms with Crippen LogP contribution in [0.25, 0.3) is 0 Å². The highest BCUT2D eigenvalue weighted by atomic mass is 79.9. The van der Waals surface area contributed by atoms with Crippen molar-refractivity contribution in [3.05, 3.63) is 26.6 Å². The molecule has 80 valence electrons. The van der Waals surface area contributed by atoms with Crippen LogP contribution in [0.3, 0.4) is 0 Å². The molecule has 0 aliphatic rings. The van der Waals surface area contributed by atoms with E-state index in [0.29, 0.717) is 14.6 Å². The molecule has 0 aliphatic heterocycles. The lowest BCUT2D eigenvalue weighted by Gasteiger charge is -2.08. The molecule has 0 saturated carbocycles. The Balaban J connectivity index is 3.21. The number of carbonyl (C=O) groups excluding carboxylic acids is 1. The number of hydrogen-bond donors (Lipinski definition) is 2. The lowest BCUT2D eigenvalue weighted by atomic mass is 10.2. The van der Waals surface area contributed by atoms with Crippen LogP contribution in [0.5, 0.6) is 0 Å². The van der Waals surface area contributed by atoms with Gasteiger partial charge in [0.05, 0.1) is 11.3 Å². The Morgan fingerprint density at radius 1 is 1.27 bits per heavy atom. The predicted octanol–water partition coefficient (Wildman–Crippen LogP) is 2.87. The van der Waals surface area contributed by atoms with Gasteiger partial charge in [0.1, 0.15) is 0 Å². The summed E-state index contributed by atoms with van der Waals surface area (Å²) in [5, 5.41) is 11.4. The summed E-state index contributed by atoms with van der Waals surface area (Å²) in [6.45, 7) is 1.38. The third kappa shape index (κ3) is 3.04. The van der Waals surface area contributed by atoms with Crippen LogP contribution in [0.2, 0.25) is 0 Å². The number of hydrogen-bond acceptors (Lipinski definition) is 2. The Morgan fingerprint density at radius 2 is 1.73 bits per heavy atom. The van der Waals surface area contributed by atoms with Gasteiger partial charge in [-0.3, -0.25) is 4.79 Å². The Kier molecular flexibility index (Phi) is 3.87. The fourth-order valence-corrected chi connectivity index (χ4v) is 2.38. The summed E-state index contributed by atoms with van der Waals surface area (Å²) < 4.78 is 1.04. The lowest BCUT2D eigenvalue weighted by molar-refractivity contribution is -0.114. The molecule has 0 atom stereocenters. The summed E-state index contributed by atoms with van der Waals surface area (Å²) in [5.74, 6) is -1.25. The van der Waals surface area contributed by atoms with Crippen molar-refractivity contribution in [3.63, 3.8) is 0 Å². The minimum atomic E-state index is -1.02. The SMILES string of the molecule is CC(=O)Nc1c(Br)cc(C(=O)O)cc1Br. The summed E-state index contributed by atoms with van der Waals surface area (Å²) in [7, 11) is 0. The molecule has 0 saturated heterocycles. The lowest BCUT2D eigenvalue weighted by Crippen LogP contribution is -2.08. The quantitative estimate of drug-likeness (QED) is 0.872. The number of aromatic carboxylic acids is 1. The van der Waals surface area contributed by atoms with Crippen molar-refractivity contribution in [2.45, 2.75) is 6.92 Å². The summed E-state index contributed by atoms with van der Waals surface area (Å²) in [5.41, 5.74) is 0.662. The molecule has 1 rings (SSSR count). The number of carbonyl (C=O) groups is 2. The molecule has 1 aromatic carbocycles. The van der Waals surface area contributed by atoms with E-state index in [4.69, 9.17) is 5.11 Å². The maximum absolute atomic E-state index is 10.9. The van der Waals surface area contributed by atoms with Gasteiger partial charge in [0.25, 0.3) is 0 Å². The Labute approximate surface area is 103 Å². The molecule has 0 unspecified atom stereocenters. The smallest absolute Gasteiger partial charge is 0.335 e. The van der Waals surface area contributed by atoms with Gasteiger partial charge in [-0.1, -0.05) is 0 Å². The fraction of sp³-hybridized carbons (Fsp3) is 0.111. The largest absolute Gasteiger partial charge is 0.478 e. The van der Waals surface area contributed by atoms with E-state index in [1.165, 1.54) is 19.1 Å². The van der Waals surface area contributed by atoms with Crippen LogP contribution in [0.4, 0.5) is 5.69 Å². The summed E-state index contributed by atoms with van der Waals surface area (Å²) in [6, 6.07) is 2.86. The standard InChI is InChI=1S/C9H7Br2NO3/c1-4(13)12-8-6(10)2-5(9(14)15)3-7(8)11/h2-3H,1H3,(H,12,13)(H,14,15).